The van der Waals surface area contributed by atoms with Crippen molar-refractivity contribution < 1.29 is 14.3 Å². The molecule has 0 fully saturated rings. The van der Waals surface area contributed by atoms with Crippen LogP contribution in [0.4, 0.5) is 0 Å². The molecule has 0 saturated carbocycles. The molecule has 112 valence electrons. The van der Waals surface area contributed by atoms with Crippen LogP contribution in [-0.2, 0) is 9.53 Å². The summed E-state index contributed by atoms with van der Waals surface area (Å²) in [6.07, 6.45) is 0. The summed E-state index contributed by atoms with van der Waals surface area (Å²) in [5.41, 5.74) is 1.32. The molecule has 0 heterocycles. The summed E-state index contributed by atoms with van der Waals surface area (Å²) < 4.78 is 10.6. The van der Waals surface area contributed by atoms with Crippen LogP contribution in [0.1, 0.15) is 44.7 Å². The molecule has 0 atom stereocenters. The fraction of sp³-hybridized carbons (Fsp3) is 0.562. The van der Waals surface area contributed by atoms with Crippen LogP contribution < -0.4 is 4.74 Å². The van der Waals surface area contributed by atoms with Gasteiger partial charge in [-0.1, -0.05) is 25.4 Å². The van der Waals surface area contributed by atoms with E-state index in [4.69, 9.17) is 21.1 Å². The third-order valence-corrected chi connectivity index (χ3v) is 3.65. The van der Waals surface area contributed by atoms with Gasteiger partial charge in [0.15, 0.2) is 0 Å². The predicted molar refractivity (Wildman–Crippen MR) is 81.6 cm³/mol. The molecule has 3 nitrogen and oxygen atoms in total. The normalized spacial score (nSPS) is 11.6. The Morgan fingerprint density at radius 2 is 1.95 bits per heavy atom. The number of rotatable bonds is 5. The first-order valence-corrected chi connectivity index (χ1v) is 7.08. The van der Waals surface area contributed by atoms with E-state index in [-0.39, 0.29) is 12.6 Å². The molecule has 0 aliphatic heterocycles. The smallest absolute Gasteiger partial charge is 0.314 e. The van der Waals surface area contributed by atoms with Gasteiger partial charge in [0.25, 0.3) is 0 Å². The number of aryl methyl sites for hydroxylation is 1. The molecule has 0 saturated heterocycles. The van der Waals surface area contributed by atoms with Gasteiger partial charge in [-0.2, -0.15) is 0 Å². The van der Waals surface area contributed by atoms with Crippen molar-refractivity contribution in [1.29, 1.82) is 0 Å². The van der Waals surface area contributed by atoms with Crippen LogP contribution in [0.15, 0.2) is 12.1 Å². The van der Waals surface area contributed by atoms with E-state index in [2.05, 4.69) is 13.8 Å². The van der Waals surface area contributed by atoms with Gasteiger partial charge in [0.2, 0.25) is 0 Å². The molecule has 0 bridgehead atoms. The lowest BCUT2D eigenvalue weighted by atomic mass is 9.95. The van der Waals surface area contributed by atoms with Gasteiger partial charge >= 0.3 is 5.97 Å². The van der Waals surface area contributed by atoms with Crippen molar-refractivity contribution in [3.05, 3.63) is 28.3 Å². The molecule has 1 aromatic rings. The second kappa shape index (κ2) is 6.49. The average Bonchev–Trinajstić information content (AvgIpc) is 2.38. The largest absolute Gasteiger partial charge is 0.492 e. The Kier molecular flexibility index (Phi) is 5.46. The number of hydrogen-bond donors (Lipinski definition) is 0. The highest BCUT2D eigenvalue weighted by Gasteiger charge is 2.30. The molecular weight excluding hydrogens is 276 g/mol. The summed E-state index contributed by atoms with van der Waals surface area (Å²) in [5.74, 6) is 0.789. The van der Waals surface area contributed by atoms with Crippen LogP contribution in [0.5, 0.6) is 5.75 Å². The van der Waals surface area contributed by atoms with Gasteiger partial charge in [-0.3, -0.25) is 4.79 Å². The molecule has 0 aliphatic carbocycles. The predicted octanol–water partition coefficient (Wildman–Crippen LogP) is 4.35. The molecule has 0 aliphatic rings. The molecule has 0 aromatic heterocycles. The summed E-state index contributed by atoms with van der Waals surface area (Å²) in [7, 11) is 1.38. The van der Waals surface area contributed by atoms with Gasteiger partial charge in [0.05, 0.1) is 12.5 Å². The number of carbonyl (C=O) groups is 1. The van der Waals surface area contributed by atoms with Crippen LogP contribution in [0.3, 0.4) is 0 Å². The van der Waals surface area contributed by atoms with Crippen molar-refractivity contribution in [2.24, 2.45) is 5.41 Å². The van der Waals surface area contributed by atoms with E-state index in [1.165, 1.54) is 7.11 Å². The molecule has 0 radical (unpaired) electrons. The zero-order valence-corrected chi connectivity index (χ0v) is 13.8. The number of hydrogen-bond acceptors (Lipinski definition) is 3. The van der Waals surface area contributed by atoms with Crippen molar-refractivity contribution in [3.8, 4) is 5.75 Å². The first kappa shape index (κ1) is 16.8. The standard InChI is InChI=1S/C16H23ClO3/c1-10(2)12-8-13(17)11(3)7-14(12)20-9-16(4,5)15(18)19-6/h7-8,10H,9H2,1-6H3. The molecular formula is C16H23ClO3. The molecule has 0 unspecified atom stereocenters. The van der Waals surface area contributed by atoms with Crippen LogP contribution in [0.2, 0.25) is 5.02 Å². The van der Waals surface area contributed by atoms with Gasteiger partial charge in [-0.05, 0) is 49.9 Å². The van der Waals surface area contributed by atoms with E-state index in [0.29, 0.717) is 5.92 Å². The first-order chi connectivity index (χ1) is 9.19. The SMILES string of the molecule is COC(=O)C(C)(C)COc1cc(C)c(Cl)cc1C(C)C. The lowest BCUT2D eigenvalue weighted by Crippen LogP contribution is -2.32. The maximum atomic E-state index is 11.7. The Bertz CT molecular complexity index is 493. The quantitative estimate of drug-likeness (QED) is 0.758. The van der Waals surface area contributed by atoms with Gasteiger partial charge in [-0.25, -0.2) is 0 Å². The van der Waals surface area contributed by atoms with Crippen LogP contribution in [0, 0.1) is 12.3 Å². The van der Waals surface area contributed by atoms with Crippen molar-refractivity contribution in [3.63, 3.8) is 0 Å². The van der Waals surface area contributed by atoms with Crippen LogP contribution >= 0.6 is 11.6 Å². The Balaban J connectivity index is 2.98. The van der Waals surface area contributed by atoms with Gasteiger partial charge in [0.1, 0.15) is 12.4 Å². The third-order valence-electron chi connectivity index (χ3n) is 3.24. The van der Waals surface area contributed by atoms with Crippen LogP contribution in [-0.4, -0.2) is 19.7 Å². The second-order valence-corrected chi connectivity index (χ2v) is 6.37. The fourth-order valence-electron chi connectivity index (χ4n) is 1.84. The molecule has 0 spiro atoms. The van der Waals surface area contributed by atoms with Crippen molar-refractivity contribution in [2.45, 2.75) is 40.5 Å². The maximum Gasteiger partial charge on any atom is 0.314 e. The maximum absolute atomic E-state index is 11.7. The summed E-state index contributed by atoms with van der Waals surface area (Å²) in [4.78, 5) is 11.7. The fourth-order valence-corrected chi connectivity index (χ4v) is 2.01. The number of benzene rings is 1. The molecule has 0 N–H and O–H groups in total. The van der Waals surface area contributed by atoms with E-state index < -0.39 is 5.41 Å². The molecule has 0 amide bonds. The monoisotopic (exact) mass is 298 g/mol. The van der Waals surface area contributed by atoms with E-state index >= 15 is 0 Å². The number of carbonyl (C=O) groups excluding carboxylic acids is 1. The Morgan fingerprint density at radius 1 is 1.35 bits per heavy atom. The summed E-state index contributed by atoms with van der Waals surface area (Å²) in [6.45, 7) is 9.97. The minimum atomic E-state index is -0.684. The minimum absolute atomic E-state index is 0.264. The lowest BCUT2D eigenvalue weighted by Gasteiger charge is -2.23. The molecule has 1 aromatic carbocycles. The number of ether oxygens (including phenoxy) is 2. The Hall–Kier alpha value is -1.22. The first-order valence-electron chi connectivity index (χ1n) is 6.70. The Morgan fingerprint density at radius 3 is 2.45 bits per heavy atom. The zero-order valence-electron chi connectivity index (χ0n) is 13.0. The minimum Gasteiger partial charge on any atom is -0.492 e. The highest BCUT2D eigenvalue weighted by Crippen LogP contribution is 2.33. The van der Waals surface area contributed by atoms with Gasteiger partial charge in [-0.15, -0.1) is 0 Å². The number of methoxy groups -OCH3 is 1. The van der Waals surface area contributed by atoms with E-state index in [1.54, 1.807) is 13.8 Å². The van der Waals surface area contributed by atoms with E-state index in [1.807, 2.05) is 19.1 Å². The zero-order chi connectivity index (χ0) is 15.5. The number of halogens is 1. The Labute approximate surface area is 126 Å². The van der Waals surface area contributed by atoms with Gasteiger partial charge < -0.3 is 9.47 Å². The van der Waals surface area contributed by atoms with Gasteiger partial charge in [0, 0.05) is 5.02 Å². The highest BCUT2D eigenvalue weighted by atomic mass is 35.5. The van der Waals surface area contributed by atoms with Crippen LogP contribution in [0.25, 0.3) is 0 Å². The van der Waals surface area contributed by atoms with E-state index in [0.717, 1.165) is 21.9 Å². The summed E-state index contributed by atoms with van der Waals surface area (Å²) in [5, 5.41) is 0.730. The molecule has 4 heteroatoms. The molecule has 1 rings (SSSR count). The lowest BCUT2D eigenvalue weighted by molar-refractivity contribution is -0.152. The average molecular weight is 299 g/mol. The van der Waals surface area contributed by atoms with E-state index in [9.17, 15) is 4.79 Å². The third kappa shape index (κ3) is 3.89. The number of esters is 1. The summed E-state index contributed by atoms with van der Waals surface area (Å²) in [6, 6.07) is 3.85. The van der Waals surface area contributed by atoms with Crippen molar-refractivity contribution >= 4 is 17.6 Å². The highest BCUT2D eigenvalue weighted by molar-refractivity contribution is 6.31. The second-order valence-electron chi connectivity index (χ2n) is 5.96. The van der Waals surface area contributed by atoms with Crippen molar-refractivity contribution in [1.82, 2.24) is 0 Å². The van der Waals surface area contributed by atoms with Crippen molar-refractivity contribution in [2.75, 3.05) is 13.7 Å². The molecule has 20 heavy (non-hydrogen) atoms. The summed E-state index contributed by atoms with van der Waals surface area (Å²) >= 11 is 6.16. The topological polar surface area (TPSA) is 35.5 Å².